The number of rotatable bonds is 4. The minimum atomic E-state index is -0.212. The Hall–Kier alpha value is -3.74. The predicted molar refractivity (Wildman–Crippen MR) is 102 cm³/mol. The number of hydrogen-bond acceptors (Lipinski definition) is 4. The minimum Gasteiger partial charge on any atom is -0.319 e. The normalized spacial score (nSPS) is 10.7. The summed E-state index contributed by atoms with van der Waals surface area (Å²) in [5.41, 5.74) is 4.06. The molecule has 0 aliphatic rings. The standard InChI is InChI=1S/C20H18N6O/c1-14-13-15(2)26(24-14)17-8-6-16(7-9-17)20(27)23-18-5-3-10-21-19(18)25-12-4-11-22-25/h3-13H,1-2H3,(H,23,27). The molecule has 0 radical (unpaired) electrons. The van der Waals surface area contributed by atoms with Crippen molar-refractivity contribution in [2.24, 2.45) is 0 Å². The van der Waals surface area contributed by atoms with E-state index in [4.69, 9.17) is 0 Å². The molecule has 7 heteroatoms. The molecule has 0 bridgehead atoms. The SMILES string of the molecule is Cc1cc(C)n(-c2ccc(C(=O)Nc3cccnc3-n3cccn3)cc2)n1. The van der Waals surface area contributed by atoms with Crippen molar-refractivity contribution in [2.75, 3.05) is 5.32 Å². The maximum absolute atomic E-state index is 12.7. The van der Waals surface area contributed by atoms with Gasteiger partial charge in [-0.05, 0) is 62.4 Å². The molecule has 3 aromatic heterocycles. The fourth-order valence-corrected chi connectivity index (χ4v) is 2.91. The summed E-state index contributed by atoms with van der Waals surface area (Å²) in [6.45, 7) is 3.95. The van der Waals surface area contributed by atoms with E-state index in [2.05, 4.69) is 20.5 Å². The third-order valence-corrected chi connectivity index (χ3v) is 4.14. The third kappa shape index (κ3) is 3.35. The summed E-state index contributed by atoms with van der Waals surface area (Å²) in [5.74, 6) is 0.353. The highest BCUT2D eigenvalue weighted by Crippen LogP contribution is 2.18. The summed E-state index contributed by atoms with van der Waals surface area (Å²) in [6, 6.07) is 14.7. The smallest absolute Gasteiger partial charge is 0.255 e. The number of hydrogen-bond donors (Lipinski definition) is 1. The van der Waals surface area contributed by atoms with Gasteiger partial charge in [-0.2, -0.15) is 10.2 Å². The maximum atomic E-state index is 12.7. The Morgan fingerprint density at radius 1 is 1.04 bits per heavy atom. The first-order chi connectivity index (χ1) is 13.1. The zero-order chi connectivity index (χ0) is 18.8. The number of carbonyl (C=O) groups excluding carboxylic acids is 1. The fourth-order valence-electron chi connectivity index (χ4n) is 2.91. The van der Waals surface area contributed by atoms with Crippen LogP contribution in [0.25, 0.3) is 11.5 Å². The lowest BCUT2D eigenvalue weighted by atomic mass is 10.2. The second-order valence-electron chi connectivity index (χ2n) is 6.17. The molecule has 0 aliphatic heterocycles. The largest absolute Gasteiger partial charge is 0.319 e. The van der Waals surface area contributed by atoms with Crippen LogP contribution in [-0.2, 0) is 0 Å². The van der Waals surface area contributed by atoms with E-state index in [9.17, 15) is 4.79 Å². The molecule has 7 nitrogen and oxygen atoms in total. The van der Waals surface area contributed by atoms with Crippen LogP contribution >= 0.6 is 0 Å². The number of pyridine rings is 1. The van der Waals surface area contributed by atoms with Gasteiger partial charge in [-0.3, -0.25) is 4.79 Å². The lowest BCUT2D eigenvalue weighted by Crippen LogP contribution is -2.15. The molecule has 27 heavy (non-hydrogen) atoms. The Morgan fingerprint density at radius 2 is 1.85 bits per heavy atom. The van der Waals surface area contributed by atoms with Crippen molar-refractivity contribution < 1.29 is 4.79 Å². The molecule has 1 amide bonds. The van der Waals surface area contributed by atoms with Gasteiger partial charge in [0.25, 0.3) is 5.91 Å². The molecule has 0 unspecified atom stereocenters. The lowest BCUT2D eigenvalue weighted by Gasteiger charge is -2.10. The summed E-state index contributed by atoms with van der Waals surface area (Å²) in [7, 11) is 0. The molecule has 134 valence electrons. The van der Waals surface area contributed by atoms with Gasteiger partial charge >= 0.3 is 0 Å². The second-order valence-corrected chi connectivity index (χ2v) is 6.17. The van der Waals surface area contributed by atoms with Gasteiger partial charge in [-0.15, -0.1) is 0 Å². The van der Waals surface area contributed by atoms with Crippen LogP contribution in [-0.4, -0.2) is 30.5 Å². The van der Waals surface area contributed by atoms with E-state index in [-0.39, 0.29) is 5.91 Å². The Balaban J connectivity index is 1.57. The van der Waals surface area contributed by atoms with Crippen LogP contribution in [0.4, 0.5) is 5.69 Å². The summed E-state index contributed by atoms with van der Waals surface area (Å²) < 4.78 is 3.47. The van der Waals surface area contributed by atoms with Crippen LogP contribution in [0.2, 0.25) is 0 Å². The van der Waals surface area contributed by atoms with E-state index in [0.717, 1.165) is 17.1 Å². The average molecular weight is 358 g/mol. The van der Waals surface area contributed by atoms with Crippen LogP contribution in [0, 0.1) is 13.8 Å². The van der Waals surface area contributed by atoms with Gasteiger partial charge in [0.2, 0.25) is 0 Å². The zero-order valence-electron chi connectivity index (χ0n) is 15.0. The van der Waals surface area contributed by atoms with Crippen LogP contribution in [0.3, 0.4) is 0 Å². The molecule has 3 heterocycles. The van der Waals surface area contributed by atoms with Gasteiger partial charge in [0.05, 0.1) is 17.1 Å². The summed E-state index contributed by atoms with van der Waals surface area (Å²) in [6.07, 6.45) is 5.11. The Labute approximate surface area is 156 Å². The number of amides is 1. The molecule has 0 aliphatic carbocycles. The van der Waals surface area contributed by atoms with Crippen LogP contribution in [0.1, 0.15) is 21.7 Å². The number of nitrogens with one attached hydrogen (secondary N) is 1. The first kappa shape index (κ1) is 16.7. The van der Waals surface area contributed by atoms with Crippen LogP contribution in [0.5, 0.6) is 0 Å². The van der Waals surface area contributed by atoms with Crippen molar-refractivity contribution in [2.45, 2.75) is 13.8 Å². The quantitative estimate of drug-likeness (QED) is 0.607. The van der Waals surface area contributed by atoms with E-state index in [1.54, 1.807) is 53.6 Å². The van der Waals surface area contributed by atoms with Crippen LogP contribution < -0.4 is 5.32 Å². The first-order valence-corrected chi connectivity index (χ1v) is 8.52. The van der Waals surface area contributed by atoms with Gasteiger partial charge in [0, 0.05) is 29.8 Å². The molecule has 1 aromatic carbocycles. The molecular weight excluding hydrogens is 340 g/mol. The van der Waals surface area contributed by atoms with Gasteiger partial charge < -0.3 is 5.32 Å². The third-order valence-electron chi connectivity index (χ3n) is 4.14. The molecular formula is C20H18N6O. The zero-order valence-corrected chi connectivity index (χ0v) is 15.0. The topological polar surface area (TPSA) is 77.6 Å². The number of aryl methyl sites for hydroxylation is 2. The molecule has 0 fully saturated rings. The molecule has 1 N–H and O–H groups in total. The van der Waals surface area contributed by atoms with Gasteiger partial charge in [-0.25, -0.2) is 14.3 Å². The molecule has 0 saturated heterocycles. The van der Waals surface area contributed by atoms with E-state index in [0.29, 0.717) is 17.1 Å². The van der Waals surface area contributed by atoms with Gasteiger partial charge in [-0.1, -0.05) is 0 Å². The van der Waals surface area contributed by atoms with Crippen molar-refractivity contribution >= 4 is 11.6 Å². The van der Waals surface area contributed by atoms with Crippen molar-refractivity contribution in [3.63, 3.8) is 0 Å². The molecule has 4 rings (SSSR count). The van der Waals surface area contributed by atoms with Gasteiger partial charge in [0.1, 0.15) is 0 Å². The Kier molecular flexibility index (Phi) is 4.25. The number of carbonyl (C=O) groups is 1. The highest BCUT2D eigenvalue weighted by molar-refractivity contribution is 6.05. The number of benzene rings is 1. The number of nitrogens with zero attached hydrogens (tertiary/aromatic N) is 5. The Morgan fingerprint density at radius 3 is 2.52 bits per heavy atom. The molecule has 0 atom stereocenters. The molecule has 4 aromatic rings. The van der Waals surface area contributed by atoms with E-state index in [1.165, 1.54) is 0 Å². The average Bonchev–Trinajstić information content (AvgIpc) is 3.32. The predicted octanol–water partition coefficient (Wildman–Crippen LogP) is 3.32. The lowest BCUT2D eigenvalue weighted by molar-refractivity contribution is 0.102. The van der Waals surface area contributed by atoms with Crippen molar-refractivity contribution in [1.29, 1.82) is 0 Å². The maximum Gasteiger partial charge on any atom is 0.255 e. The van der Waals surface area contributed by atoms with Crippen molar-refractivity contribution in [3.05, 3.63) is 84.1 Å². The van der Waals surface area contributed by atoms with Crippen LogP contribution in [0.15, 0.2) is 67.1 Å². The monoisotopic (exact) mass is 358 g/mol. The van der Waals surface area contributed by atoms with E-state index >= 15 is 0 Å². The number of aromatic nitrogens is 5. The summed E-state index contributed by atoms with van der Waals surface area (Å²) in [4.78, 5) is 17.0. The Bertz CT molecular complexity index is 1080. The van der Waals surface area contributed by atoms with E-state index < -0.39 is 0 Å². The summed E-state index contributed by atoms with van der Waals surface area (Å²) >= 11 is 0. The van der Waals surface area contributed by atoms with Gasteiger partial charge in [0.15, 0.2) is 5.82 Å². The molecule has 0 spiro atoms. The van der Waals surface area contributed by atoms with E-state index in [1.807, 2.05) is 36.7 Å². The summed E-state index contributed by atoms with van der Waals surface area (Å²) in [5, 5.41) is 11.5. The number of anilines is 1. The minimum absolute atomic E-state index is 0.212. The van der Waals surface area contributed by atoms with Crippen molar-refractivity contribution in [1.82, 2.24) is 24.5 Å². The molecule has 0 saturated carbocycles. The second kappa shape index (κ2) is 6.87. The first-order valence-electron chi connectivity index (χ1n) is 8.52. The fraction of sp³-hybridized carbons (Fsp3) is 0.100. The highest BCUT2D eigenvalue weighted by Gasteiger charge is 2.12. The highest BCUT2D eigenvalue weighted by atomic mass is 16.1. The van der Waals surface area contributed by atoms with Crippen molar-refractivity contribution in [3.8, 4) is 11.5 Å².